The molecule has 1 N–H and O–H groups in total. The number of carbonyl (C=O) groups excluding carboxylic acids is 1. The van der Waals surface area contributed by atoms with E-state index in [1.54, 1.807) is 24.8 Å². The number of sulfonamides is 1. The topological polar surface area (TPSA) is 66.5 Å². The fourth-order valence-electron chi connectivity index (χ4n) is 3.61. The van der Waals surface area contributed by atoms with E-state index in [-0.39, 0.29) is 5.91 Å². The number of anilines is 2. The molecule has 0 aliphatic rings. The Morgan fingerprint density at radius 2 is 1.67 bits per heavy atom. The van der Waals surface area contributed by atoms with Crippen LogP contribution >= 0.6 is 11.8 Å². The molecule has 0 aliphatic carbocycles. The molecule has 0 aromatic heterocycles. The Morgan fingerprint density at radius 1 is 0.970 bits per heavy atom. The Kier molecular flexibility index (Phi) is 7.87. The lowest BCUT2D eigenvalue weighted by molar-refractivity contribution is -0.116. The summed E-state index contributed by atoms with van der Waals surface area (Å²) >= 11 is 1.75. The van der Waals surface area contributed by atoms with Gasteiger partial charge in [0.25, 0.3) is 0 Å². The molecule has 3 rings (SSSR count). The molecule has 1 amide bonds. The quantitative estimate of drug-likeness (QED) is 0.419. The smallest absolute Gasteiger partial charge is 0.248 e. The minimum absolute atomic E-state index is 0.379. The fourth-order valence-corrected chi connectivity index (χ4v) is 5.70. The molecule has 3 aromatic carbocycles. The lowest BCUT2D eigenvalue weighted by atomic mass is 10.1. The third-order valence-electron chi connectivity index (χ3n) is 5.39. The minimum atomic E-state index is -3.67. The highest BCUT2D eigenvalue weighted by molar-refractivity contribution is 7.98. The maximum atomic E-state index is 13.1. The molecular formula is C26H30N2O3S2. The SMILES string of the molecule is Cc1ccc(C)c(N([C@H](C)C(=O)Nc2ccc(CSc3ccccc3)cc2C)S(C)(=O)=O)c1. The first-order valence-corrected chi connectivity index (χ1v) is 13.5. The molecule has 174 valence electrons. The highest BCUT2D eigenvalue weighted by Gasteiger charge is 2.30. The van der Waals surface area contributed by atoms with Gasteiger partial charge in [0, 0.05) is 16.3 Å². The first-order valence-electron chi connectivity index (χ1n) is 10.7. The number of benzene rings is 3. The highest BCUT2D eigenvalue weighted by Crippen LogP contribution is 2.28. The Bertz CT molecular complexity index is 1240. The second-order valence-corrected chi connectivity index (χ2v) is 11.2. The van der Waals surface area contributed by atoms with Gasteiger partial charge < -0.3 is 5.32 Å². The van der Waals surface area contributed by atoms with Crippen LogP contribution in [0.15, 0.2) is 71.6 Å². The van der Waals surface area contributed by atoms with E-state index in [9.17, 15) is 13.2 Å². The second kappa shape index (κ2) is 10.4. The zero-order chi connectivity index (χ0) is 24.2. The van der Waals surface area contributed by atoms with E-state index in [0.29, 0.717) is 11.4 Å². The van der Waals surface area contributed by atoms with Gasteiger partial charge in [0.15, 0.2) is 0 Å². The second-order valence-electron chi connectivity index (χ2n) is 8.26. The molecule has 0 saturated heterocycles. The molecule has 3 aromatic rings. The van der Waals surface area contributed by atoms with Gasteiger partial charge in [0.2, 0.25) is 15.9 Å². The maximum absolute atomic E-state index is 13.1. The van der Waals surface area contributed by atoms with E-state index in [1.165, 1.54) is 9.20 Å². The lowest BCUT2D eigenvalue weighted by Gasteiger charge is -2.30. The van der Waals surface area contributed by atoms with Gasteiger partial charge in [-0.25, -0.2) is 8.42 Å². The summed E-state index contributed by atoms with van der Waals surface area (Å²) in [6.07, 6.45) is 1.13. The van der Waals surface area contributed by atoms with Crippen molar-refractivity contribution < 1.29 is 13.2 Å². The van der Waals surface area contributed by atoms with Gasteiger partial charge in [0.05, 0.1) is 11.9 Å². The first kappa shape index (κ1) is 24.9. The summed E-state index contributed by atoms with van der Waals surface area (Å²) < 4.78 is 26.5. The van der Waals surface area contributed by atoms with E-state index >= 15 is 0 Å². The van der Waals surface area contributed by atoms with E-state index in [2.05, 4.69) is 23.5 Å². The number of hydrogen-bond donors (Lipinski definition) is 1. The lowest BCUT2D eigenvalue weighted by Crippen LogP contribution is -2.45. The molecule has 0 saturated carbocycles. The third kappa shape index (κ3) is 6.39. The Morgan fingerprint density at radius 3 is 2.30 bits per heavy atom. The van der Waals surface area contributed by atoms with Crippen LogP contribution in [-0.4, -0.2) is 26.6 Å². The molecule has 0 aliphatic heterocycles. The van der Waals surface area contributed by atoms with Crippen LogP contribution in [0.2, 0.25) is 0 Å². The van der Waals surface area contributed by atoms with Crippen LogP contribution < -0.4 is 9.62 Å². The van der Waals surface area contributed by atoms with Gasteiger partial charge in [-0.05, 0) is 74.2 Å². The molecule has 0 fully saturated rings. The van der Waals surface area contributed by atoms with E-state index in [0.717, 1.165) is 34.3 Å². The third-order valence-corrected chi connectivity index (χ3v) is 7.70. The average Bonchev–Trinajstić information content (AvgIpc) is 2.76. The predicted octanol–water partition coefficient (Wildman–Crippen LogP) is 5.70. The van der Waals surface area contributed by atoms with Gasteiger partial charge in [0.1, 0.15) is 6.04 Å². The molecule has 0 radical (unpaired) electrons. The molecule has 0 unspecified atom stereocenters. The zero-order valence-corrected chi connectivity index (χ0v) is 21.3. The summed E-state index contributed by atoms with van der Waals surface area (Å²) in [4.78, 5) is 14.3. The van der Waals surface area contributed by atoms with Gasteiger partial charge in [-0.15, -0.1) is 11.8 Å². The Balaban J connectivity index is 1.76. The van der Waals surface area contributed by atoms with Gasteiger partial charge in [-0.1, -0.05) is 42.5 Å². The van der Waals surface area contributed by atoms with Gasteiger partial charge in [-0.3, -0.25) is 9.10 Å². The standard InChI is InChI=1S/C26H30N2O3S2/c1-18-11-12-19(2)25(15-18)28(33(5,30)31)21(4)26(29)27-24-14-13-22(16-20(24)3)17-32-23-9-7-6-8-10-23/h6-16,21H,17H2,1-5H3,(H,27,29)/t21-/m1/s1. The summed E-state index contributed by atoms with van der Waals surface area (Å²) in [5.74, 6) is 0.445. The van der Waals surface area contributed by atoms with Crippen molar-refractivity contribution in [2.75, 3.05) is 15.9 Å². The average molecular weight is 483 g/mol. The Labute approximate surface area is 201 Å². The number of rotatable bonds is 8. The fraction of sp³-hybridized carbons (Fsp3) is 0.269. The predicted molar refractivity (Wildman–Crippen MR) is 139 cm³/mol. The number of hydrogen-bond acceptors (Lipinski definition) is 4. The molecule has 0 heterocycles. The zero-order valence-electron chi connectivity index (χ0n) is 19.6. The van der Waals surface area contributed by atoms with Crippen LogP contribution in [0, 0.1) is 20.8 Å². The maximum Gasteiger partial charge on any atom is 0.248 e. The Hall–Kier alpha value is -2.77. The van der Waals surface area contributed by atoms with Crippen LogP contribution in [0.25, 0.3) is 0 Å². The number of nitrogens with zero attached hydrogens (tertiary/aromatic N) is 1. The minimum Gasteiger partial charge on any atom is -0.324 e. The number of aryl methyl sites for hydroxylation is 3. The van der Waals surface area contributed by atoms with Crippen molar-refractivity contribution >= 4 is 39.1 Å². The number of amides is 1. The summed E-state index contributed by atoms with van der Waals surface area (Å²) in [5.41, 5.74) is 5.00. The summed E-state index contributed by atoms with van der Waals surface area (Å²) in [7, 11) is -3.67. The van der Waals surface area contributed by atoms with E-state index in [4.69, 9.17) is 0 Å². The van der Waals surface area contributed by atoms with Crippen molar-refractivity contribution in [1.29, 1.82) is 0 Å². The molecule has 1 atom stereocenters. The van der Waals surface area contributed by atoms with Crippen LogP contribution in [0.5, 0.6) is 0 Å². The normalized spacial score (nSPS) is 12.3. The van der Waals surface area contributed by atoms with Crippen molar-refractivity contribution in [1.82, 2.24) is 0 Å². The van der Waals surface area contributed by atoms with Crippen LogP contribution in [0.1, 0.15) is 29.2 Å². The van der Waals surface area contributed by atoms with Crippen LogP contribution in [0.3, 0.4) is 0 Å². The van der Waals surface area contributed by atoms with Crippen molar-refractivity contribution in [2.45, 2.75) is 44.4 Å². The van der Waals surface area contributed by atoms with Crippen molar-refractivity contribution in [3.63, 3.8) is 0 Å². The van der Waals surface area contributed by atoms with E-state index < -0.39 is 16.1 Å². The highest BCUT2D eigenvalue weighted by atomic mass is 32.2. The molecule has 5 nitrogen and oxygen atoms in total. The van der Waals surface area contributed by atoms with Gasteiger partial charge in [-0.2, -0.15) is 0 Å². The molecule has 0 bridgehead atoms. The van der Waals surface area contributed by atoms with Crippen molar-refractivity contribution in [3.8, 4) is 0 Å². The molecule has 7 heteroatoms. The molecule has 33 heavy (non-hydrogen) atoms. The van der Waals surface area contributed by atoms with Crippen molar-refractivity contribution in [2.24, 2.45) is 0 Å². The number of thioether (sulfide) groups is 1. The monoisotopic (exact) mass is 482 g/mol. The summed E-state index contributed by atoms with van der Waals surface area (Å²) in [5, 5.41) is 2.92. The largest absolute Gasteiger partial charge is 0.324 e. The van der Waals surface area contributed by atoms with Gasteiger partial charge >= 0.3 is 0 Å². The van der Waals surface area contributed by atoms with Crippen LogP contribution in [-0.2, 0) is 20.6 Å². The molecular weight excluding hydrogens is 452 g/mol. The summed E-state index contributed by atoms with van der Waals surface area (Å²) in [6, 6.07) is 20.8. The summed E-state index contributed by atoms with van der Waals surface area (Å²) in [6.45, 7) is 7.29. The van der Waals surface area contributed by atoms with Crippen LogP contribution in [0.4, 0.5) is 11.4 Å². The molecule has 0 spiro atoms. The number of nitrogens with one attached hydrogen (secondary N) is 1. The number of carbonyl (C=O) groups is 1. The van der Waals surface area contributed by atoms with E-state index in [1.807, 2.05) is 63.2 Å². The van der Waals surface area contributed by atoms with Crippen molar-refractivity contribution in [3.05, 3.63) is 89.0 Å². The first-order chi connectivity index (χ1) is 15.6.